The third-order valence-corrected chi connectivity index (χ3v) is 3.66. The summed E-state index contributed by atoms with van der Waals surface area (Å²) in [5.41, 5.74) is 7.02. The largest absolute Gasteiger partial charge is 0.364 e. The normalized spacial score (nSPS) is 23.8. The summed E-state index contributed by atoms with van der Waals surface area (Å²) in [6, 6.07) is 5.74. The van der Waals surface area contributed by atoms with Crippen LogP contribution in [-0.4, -0.2) is 18.1 Å². The summed E-state index contributed by atoms with van der Waals surface area (Å²) in [7, 11) is 0. The van der Waals surface area contributed by atoms with Crippen LogP contribution in [0, 0.1) is 0 Å². The first kappa shape index (κ1) is 12.0. The molecule has 16 heavy (non-hydrogen) atoms. The summed E-state index contributed by atoms with van der Waals surface area (Å²) in [6.45, 7) is 5.18. The van der Waals surface area contributed by atoms with Crippen LogP contribution in [0.4, 0.5) is 5.69 Å². The van der Waals surface area contributed by atoms with Crippen molar-refractivity contribution in [1.82, 2.24) is 0 Å². The molecule has 0 bridgehead atoms. The first-order valence-corrected chi connectivity index (χ1v) is 6.14. The van der Waals surface area contributed by atoms with Gasteiger partial charge in [-0.15, -0.1) is 0 Å². The molecule has 1 saturated heterocycles. The van der Waals surface area contributed by atoms with Crippen molar-refractivity contribution in [2.24, 2.45) is 5.73 Å². The number of nitrogens with two attached hydrogens (primary N) is 1. The van der Waals surface area contributed by atoms with E-state index in [0.29, 0.717) is 5.02 Å². The van der Waals surface area contributed by atoms with Gasteiger partial charge in [-0.05, 0) is 38.5 Å². The van der Waals surface area contributed by atoms with Crippen molar-refractivity contribution in [2.45, 2.75) is 31.8 Å². The van der Waals surface area contributed by atoms with Crippen molar-refractivity contribution in [1.29, 1.82) is 0 Å². The number of anilines is 1. The van der Waals surface area contributed by atoms with E-state index in [1.807, 2.05) is 12.1 Å². The third kappa shape index (κ3) is 2.15. The first-order chi connectivity index (χ1) is 7.40. The van der Waals surface area contributed by atoms with Gasteiger partial charge in [-0.2, -0.15) is 0 Å². The molecule has 0 radical (unpaired) electrons. The fourth-order valence-corrected chi connectivity index (χ4v) is 2.80. The molecule has 1 aromatic rings. The van der Waals surface area contributed by atoms with E-state index >= 15 is 0 Å². The molecule has 2 nitrogen and oxygen atoms in total. The number of hydrogen-bond donors (Lipinski definition) is 1. The van der Waals surface area contributed by atoms with Crippen molar-refractivity contribution in [2.75, 3.05) is 11.4 Å². The third-order valence-electron chi connectivity index (χ3n) is 3.11. The minimum atomic E-state index is 0.0355. The first-order valence-electron chi connectivity index (χ1n) is 5.38. The molecule has 1 atom stereocenters. The van der Waals surface area contributed by atoms with Gasteiger partial charge in [0.25, 0.3) is 0 Å². The van der Waals surface area contributed by atoms with Crippen molar-refractivity contribution in [3.05, 3.63) is 28.2 Å². The molecule has 1 aliphatic heterocycles. The molecule has 2 N–H and O–H groups in total. The molecule has 0 aromatic heterocycles. The Bertz CT molecular complexity index is 404. The number of rotatable bonds is 1. The van der Waals surface area contributed by atoms with Crippen LogP contribution >= 0.6 is 23.2 Å². The van der Waals surface area contributed by atoms with E-state index in [2.05, 4.69) is 18.7 Å². The summed E-state index contributed by atoms with van der Waals surface area (Å²) in [5, 5.41) is 1.43. The number of benzene rings is 1. The van der Waals surface area contributed by atoms with Crippen LogP contribution in [-0.2, 0) is 0 Å². The molecule has 2 rings (SSSR count). The molecule has 88 valence electrons. The van der Waals surface area contributed by atoms with Gasteiger partial charge in [-0.3, -0.25) is 0 Å². The van der Waals surface area contributed by atoms with E-state index < -0.39 is 0 Å². The highest BCUT2D eigenvalue weighted by molar-refractivity contribution is 6.35. The topological polar surface area (TPSA) is 29.3 Å². The molecular formula is C12H16Cl2N2. The Hall–Kier alpha value is -0.440. The van der Waals surface area contributed by atoms with Gasteiger partial charge in [0.15, 0.2) is 0 Å². The lowest BCUT2D eigenvalue weighted by atomic mass is 10.00. The maximum absolute atomic E-state index is 6.21. The lowest BCUT2D eigenvalue weighted by Gasteiger charge is -2.34. The molecule has 0 aliphatic carbocycles. The predicted molar refractivity (Wildman–Crippen MR) is 70.5 cm³/mol. The van der Waals surface area contributed by atoms with Crippen molar-refractivity contribution < 1.29 is 0 Å². The monoisotopic (exact) mass is 258 g/mol. The van der Waals surface area contributed by atoms with E-state index in [1.54, 1.807) is 6.07 Å². The lowest BCUT2D eigenvalue weighted by molar-refractivity contribution is 0.506. The summed E-state index contributed by atoms with van der Waals surface area (Å²) in [6.07, 6.45) is 0.968. The van der Waals surface area contributed by atoms with Gasteiger partial charge in [-0.25, -0.2) is 0 Å². The van der Waals surface area contributed by atoms with E-state index in [0.717, 1.165) is 23.7 Å². The van der Waals surface area contributed by atoms with E-state index in [4.69, 9.17) is 28.9 Å². The number of hydrogen-bond acceptors (Lipinski definition) is 2. The average Bonchev–Trinajstić information content (AvgIpc) is 2.43. The summed E-state index contributed by atoms with van der Waals surface area (Å²) < 4.78 is 0. The fourth-order valence-electron chi connectivity index (χ4n) is 2.42. The standard InChI is InChI=1S/C12H16Cl2N2/c1-12(2)6-9(15)7-16(12)11-5-8(13)3-4-10(11)14/h3-5,9H,6-7,15H2,1-2H3. The smallest absolute Gasteiger partial charge is 0.0640 e. The van der Waals surface area contributed by atoms with E-state index in [1.165, 1.54) is 0 Å². The van der Waals surface area contributed by atoms with Crippen LogP contribution < -0.4 is 10.6 Å². The Balaban J connectivity index is 2.40. The fraction of sp³-hybridized carbons (Fsp3) is 0.500. The highest BCUT2D eigenvalue weighted by Gasteiger charge is 2.37. The van der Waals surface area contributed by atoms with Gasteiger partial charge in [-0.1, -0.05) is 23.2 Å². The number of nitrogens with zero attached hydrogens (tertiary/aromatic N) is 1. The molecule has 0 amide bonds. The van der Waals surface area contributed by atoms with E-state index in [9.17, 15) is 0 Å². The van der Waals surface area contributed by atoms with Crippen molar-refractivity contribution in [3.8, 4) is 0 Å². The molecule has 1 unspecified atom stereocenters. The SMILES string of the molecule is CC1(C)CC(N)CN1c1cc(Cl)ccc1Cl. The number of halogens is 2. The molecular weight excluding hydrogens is 243 g/mol. The molecule has 1 aromatic carbocycles. The van der Waals surface area contributed by atoms with Crippen LogP contribution in [0.1, 0.15) is 20.3 Å². The molecule has 4 heteroatoms. The zero-order valence-electron chi connectivity index (χ0n) is 9.50. The van der Waals surface area contributed by atoms with Gasteiger partial charge in [0.2, 0.25) is 0 Å². The Morgan fingerprint density at radius 2 is 2.06 bits per heavy atom. The van der Waals surface area contributed by atoms with Gasteiger partial charge in [0.05, 0.1) is 10.7 Å². The minimum absolute atomic E-state index is 0.0355. The summed E-state index contributed by atoms with van der Waals surface area (Å²) >= 11 is 12.2. The van der Waals surface area contributed by atoms with E-state index in [-0.39, 0.29) is 11.6 Å². The van der Waals surface area contributed by atoms with Gasteiger partial charge in [0.1, 0.15) is 0 Å². The second-order valence-electron chi connectivity index (χ2n) is 4.98. The van der Waals surface area contributed by atoms with Crippen molar-refractivity contribution >= 4 is 28.9 Å². The molecule has 0 spiro atoms. The Labute approximate surface area is 106 Å². The highest BCUT2D eigenvalue weighted by atomic mass is 35.5. The zero-order valence-corrected chi connectivity index (χ0v) is 11.0. The van der Waals surface area contributed by atoms with Gasteiger partial charge >= 0.3 is 0 Å². The van der Waals surface area contributed by atoms with Crippen LogP contribution in [0.5, 0.6) is 0 Å². The second-order valence-corrected chi connectivity index (χ2v) is 5.83. The van der Waals surface area contributed by atoms with Crippen LogP contribution in [0.3, 0.4) is 0 Å². The Morgan fingerprint density at radius 1 is 1.38 bits per heavy atom. The molecule has 1 aliphatic rings. The predicted octanol–water partition coefficient (Wildman–Crippen LogP) is 3.31. The van der Waals surface area contributed by atoms with Crippen molar-refractivity contribution in [3.63, 3.8) is 0 Å². The molecule has 1 heterocycles. The van der Waals surface area contributed by atoms with Gasteiger partial charge < -0.3 is 10.6 Å². The average molecular weight is 259 g/mol. The van der Waals surface area contributed by atoms with Gasteiger partial charge in [0, 0.05) is 23.1 Å². The van der Waals surface area contributed by atoms with Crippen LogP contribution in [0.25, 0.3) is 0 Å². The zero-order chi connectivity index (χ0) is 11.9. The lowest BCUT2D eigenvalue weighted by Crippen LogP contribution is -2.38. The maximum atomic E-state index is 6.21. The summed E-state index contributed by atoms with van der Waals surface area (Å²) in [4.78, 5) is 2.24. The summed E-state index contributed by atoms with van der Waals surface area (Å²) in [5.74, 6) is 0. The molecule has 1 fully saturated rings. The molecule has 0 saturated carbocycles. The Morgan fingerprint density at radius 3 is 2.62 bits per heavy atom. The Kier molecular flexibility index (Phi) is 3.08. The minimum Gasteiger partial charge on any atom is -0.364 e. The maximum Gasteiger partial charge on any atom is 0.0640 e. The van der Waals surface area contributed by atoms with Crippen LogP contribution in [0.15, 0.2) is 18.2 Å². The second kappa shape index (κ2) is 4.10. The van der Waals surface area contributed by atoms with Crippen LogP contribution in [0.2, 0.25) is 10.0 Å². The highest BCUT2D eigenvalue weighted by Crippen LogP contribution is 2.38. The quantitative estimate of drug-likeness (QED) is 0.838.